The van der Waals surface area contributed by atoms with E-state index in [1.54, 1.807) is 0 Å². The number of aryl methyl sites for hydroxylation is 2. The fourth-order valence-corrected chi connectivity index (χ4v) is 5.85. The number of hydrazine groups is 1. The molecule has 8 nitrogen and oxygen atoms in total. The summed E-state index contributed by atoms with van der Waals surface area (Å²) in [5, 5.41) is 0. The molecule has 2 aliphatic carbocycles. The lowest BCUT2D eigenvalue weighted by molar-refractivity contribution is 0.0848. The summed E-state index contributed by atoms with van der Waals surface area (Å²) in [7, 11) is -2.44. The molecule has 2 aromatic rings. The smallest absolute Gasteiger partial charge is 0.279 e. The van der Waals surface area contributed by atoms with Crippen molar-refractivity contribution in [3.8, 4) is 5.75 Å². The highest BCUT2D eigenvalue weighted by molar-refractivity contribution is 7.89. The number of thiophene rings is 1. The molecule has 29 heavy (non-hydrogen) atoms. The van der Waals surface area contributed by atoms with Crippen LogP contribution < -0.4 is 20.3 Å². The highest BCUT2D eigenvalue weighted by Crippen LogP contribution is 2.30. The molecule has 1 aromatic carbocycles. The van der Waals surface area contributed by atoms with Gasteiger partial charge in [0.05, 0.1) is 12.0 Å². The average molecular weight is 436 g/mol. The van der Waals surface area contributed by atoms with Crippen molar-refractivity contribution >= 4 is 33.2 Å². The van der Waals surface area contributed by atoms with Gasteiger partial charge in [0, 0.05) is 16.5 Å². The van der Waals surface area contributed by atoms with Crippen molar-refractivity contribution in [3.63, 3.8) is 0 Å². The maximum Gasteiger partial charge on any atom is 0.279 e. The third kappa shape index (κ3) is 4.29. The van der Waals surface area contributed by atoms with E-state index in [1.807, 2.05) is 6.07 Å². The van der Waals surface area contributed by atoms with Crippen LogP contribution in [0.2, 0.25) is 0 Å². The molecule has 154 valence electrons. The second-order valence-electron chi connectivity index (χ2n) is 7.08. The van der Waals surface area contributed by atoms with E-state index in [0.717, 1.165) is 32.1 Å². The van der Waals surface area contributed by atoms with Crippen molar-refractivity contribution < 1.29 is 22.7 Å². The Morgan fingerprint density at radius 1 is 1.10 bits per heavy atom. The topological polar surface area (TPSA) is 114 Å². The number of amides is 2. The Kier molecular flexibility index (Phi) is 5.32. The van der Waals surface area contributed by atoms with Gasteiger partial charge in [-0.1, -0.05) is 0 Å². The zero-order valence-corrected chi connectivity index (χ0v) is 17.4. The number of benzene rings is 1. The largest absolute Gasteiger partial charge is 0.495 e. The van der Waals surface area contributed by atoms with Gasteiger partial charge in [-0.2, -0.15) is 0 Å². The van der Waals surface area contributed by atoms with E-state index in [9.17, 15) is 18.0 Å². The number of sulfonamides is 1. The Morgan fingerprint density at radius 2 is 1.86 bits per heavy atom. The van der Waals surface area contributed by atoms with Gasteiger partial charge in [-0.05, 0) is 61.9 Å². The molecule has 1 aromatic heterocycles. The van der Waals surface area contributed by atoms with Crippen molar-refractivity contribution in [2.45, 2.75) is 43.0 Å². The lowest BCUT2D eigenvalue weighted by Gasteiger charge is -2.12. The SMILES string of the molecule is COc1ccc(C(=O)NNC(=O)c2cc3c(s2)CCC3)cc1S(=O)(=O)NC1CC1. The first-order chi connectivity index (χ1) is 13.9. The molecule has 0 spiro atoms. The van der Waals surface area contributed by atoms with Crippen molar-refractivity contribution in [2.24, 2.45) is 0 Å². The predicted molar refractivity (Wildman–Crippen MR) is 108 cm³/mol. The molecule has 1 saturated carbocycles. The molecule has 0 aliphatic heterocycles. The second-order valence-corrected chi connectivity index (χ2v) is 9.90. The van der Waals surface area contributed by atoms with Gasteiger partial charge in [0.15, 0.2) is 0 Å². The van der Waals surface area contributed by atoms with Crippen molar-refractivity contribution in [1.29, 1.82) is 0 Å². The summed E-state index contributed by atoms with van der Waals surface area (Å²) < 4.78 is 32.8. The Bertz CT molecular complexity index is 1050. The molecule has 0 unspecified atom stereocenters. The molecule has 2 amide bonds. The minimum atomic E-state index is -3.81. The van der Waals surface area contributed by atoms with Gasteiger partial charge in [-0.3, -0.25) is 20.4 Å². The molecule has 1 heterocycles. The van der Waals surface area contributed by atoms with Gasteiger partial charge in [0.25, 0.3) is 11.8 Å². The van der Waals surface area contributed by atoms with Crippen LogP contribution >= 0.6 is 11.3 Å². The Balaban J connectivity index is 1.46. The summed E-state index contributed by atoms with van der Waals surface area (Å²) in [6.07, 6.45) is 4.65. The quantitative estimate of drug-likeness (QED) is 0.599. The van der Waals surface area contributed by atoms with Crippen LogP contribution in [0.5, 0.6) is 5.75 Å². The third-order valence-corrected chi connectivity index (χ3v) is 7.65. The Hall–Kier alpha value is -2.43. The van der Waals surface area contributed by atoms with Crippen LogP contribution in [0.3, 0.4) is 0 Å². The van der Waals surface area contributed by atoms with E-state index in [0.29, 0.717) is 4.88 Å². The van der Waals surface area contributed by atoms with Crippen LogP contribution in [0.4, 0.5) is 0 Å². The number of ether oxygens (including phenoxy) is 1. The second kappa shape index (κ2) is 7.77. The van der Waals surface area contributed by atoms with E-state index in [1.165, 1.54) is 47.1 Å². The maximum absolute atomic E-state index is 12.6. The van der Waals surface area contributed by atoms with Gasteiger partial charge < -0.3 is 4.74 Å². The fraction of sp³-hybridized carbons (Fsp3) is 0.368. The number of carbonyl (C=O) groups excluding carboxylic acids is 2. The van der Waals surface area contributed by atoms with E-state index in [2.05, 4.69) is 15.6 Å². The average Bonchev–Trinajstić information content (AvgIpc) is 3.23. The summed E-state index contributed by atoms with van der Waals surface area (Å²) >= 11 is 1.43. The molecule has 0 radical (unpaired) electrons. The summed E-state index contributed by atoms with van der Waals surface area (Å²) in [6.45, 7) is 0. The van der Waals surface area contributed by atoms with Crippen LogP contribution in [-0.4, -0.2) is 33.4 Å². The number of rotatable bonds is 6. The first kappa shape index (κ1) is 19.9. The van der Waals surface area contributed by atoms with Crippen molar-refractivity contribution in [2.75, 3.05) is 7.11 Å². The summed E-state index contributed by atoms with van der Waals surface area (Å²) in [5.74, 6) is -0.866. The predicted octanol–water partition coefficient (Wildman–Crippen LogP) is 1.76. The van der Waals surface area contributed by atoms with Gasteiger partial charge in [-0.15, -0.1) is 11.3 Å². The molecular weight excluding hydrogens is 414 g/mol. The fourth-order valence-electron chi connectivity index (χ4n) is 3.20. The van der Waals surface area contributed by atoms with E-state index < -0.39 is 21.8 Å². The van der Waals surface area contributed by atoms with Crippen LogP contribution in [0.1, 0.15) is 49.7 Å². The third-order valence-electron chi connectivity index (χ3n) is 4.87. The molecule has 1 fully saturated rings. The van der Waals surface area contributed by atoms with Gasteiger partial charge in [0.2, 0.25) is 10.0 Å². The monoisotopic (exact) mass is 435 g/mol. The standard InChI is InChI=1S/C19H21N3O5S2/c1-27-14-8-5-12(10-17(14)29(25,26)22-13-6-7-13)18(23)20-21-19(24)16-9-11-3-2-4-15(11)28-16/h5,8-10,13,22H,2-4,6-7H2,1H3,(H,20,23)(H,21,24). The molecule has 0 saturated heterocycles. The summed E-state index contributed by atoms with van der Waals surface area (Å²) in [5.41, 5.74) is 6.02. The van der Waals surface area contributed by atoms with Crippen LogP contribution in [0.25, 0.3) is 0 Å². The molecule has 0 atom stereocenters. The first-order valence-electron chi connectivity index (χ1n) is 9.30. The van der Waals surface area contributed by atoms with Crippen LogP contribution in [0, 0.1) is 0 Å². The number of carbonyl (C=O) groups is 2. The summed E-state index contributed by atoms with van der Waals surface area (Å²) in [6, 6.07) is 5.88. The minimum absolute atomic E-state index is 0.0751. The van der Waals surface area contributed by atoms with E-state index in [4.69, 9.17) is 4.74 Å². The van der Waals surface area contributed by atoms with E-state index >= 15 is 0 Å². The number of hydrogen-bond acceptors (Lipinski definition) is 6. The minimum Gasteiger partial charge on any atom is -0.495 e. The molecule has 4 rings (SSSR count). The van der Waals surface area contributed by atoms with Crippen LogP contribution in [-0.2, 0) is 22.9 Å². The molecular formula is C19H21N3O5S2. The normalized spacial score (nSPS) is 15.6. The summed E-state index contributed by atoms with van der Waals surface area (Å²) in [4.78, 5) is 26.4. The van der Waals surface area contributed by atoms with E-state index in [-0.39, 0.29) is 22.3 Å². The lowest BCUT2D eigenvalue weighted by Crippen LogP contribution is -2.41. The first-order valence-corrected chi connectivity index (χ1v) is 11.6. The van der Waals surface area contributed by atoms with Gasteiger partial charge >= 0.3 is 0 Å². The van der Waals surface area contributed by atoms with Crippen molar-refractivity contribution in [1.82, 2.24) is 15.6 Å². The zero-order chi connectivity index (χ0) is 20.6. The lowest BCUT2D eigenvalue weighted by atomic mass is 10.2. The number of fused-ring (bicyclic) bond motifs is 1. The molecule has 3 N–H and O–H groups in total. The Morgan fingerprint density at radius 3 is 2.55 bits per heavy atom. The van der Waals surface area contributed by atoms with Gasteiger partial charge in [-0.25, -0.2) is 13.1 Å². The van der Waals surface area contributed by atoms with Gasteiger partial charge in [0.1, 0.15) is 10.6 Å². The van der Waals surface area contributed by atoms with Crippen LogP contribution in [0.15, 0.2) is 29.2 Å². The molecule has 2 aliphatic rings. The number of methoxy groups -OCH3 is 1. The molecule has 0 bridgehead atoms. The highest BCUT2D eigenvalue weighted by atomic mass is 32.2. The Labute approximate surface area is 172 Å². The number of nitrogens with one attached hydrogen (secondary N) is 3. The number of hydrogen-bond donors (Lipinski definition) is 3. The maximum atomic E-state index is 12.6. The van der Waals surface area contributed by atoms with Crippen molar-refractivity contribution in [3.05, 3.63) is 45.1 Å². The molecule has 10 heteroatoms. The highest BCUT2D eigenvalue weighted by Gasteiger charge is 2.30. The zero-order valence-electron chi connectivity index (χ0n) is 15.8.